The lowest BCUT2D eigenvalue weighted by Gasteiger charge is -2.21. The number of hydrogen-bond donors (Lipinski definition) is 2. The van der Waals surface area contributed by atoms with Crippen molar-refractivity contribution in [2.24, 2.45) is 17.7 Å². The van der Waals surface area contributed by atoms with Crippen LogP contribution in [0.3, 0.4) is 0 Å². The molecule has 1 aliphatic heterocycles. The average molecular weight is 267 g/mol. The second kappa shape index (κ2) is 6.45. The molecule has 0 aromatic carbocycles. The molecule has 3 atom stereocenters. The fourth-order valence-electron chi connectivity index (χ4n) is 2.63. The molecule has 1 fully saturated rings. The van der Waals surface area contributed by atoms with Crippen LogP contribution in [0.4, 0.5) is 0 Å². The van der Waals surface area contributed by atoms with E-state index in [2.05, 4.69) is 36.3 Å². The molecule has 3 N–H and O–H groups in total. The molecule has 2 rings (SSSR count). The summed E-state index contributed by atoms with van der Waals surface area (Å²) in [5.74, 6) is 7.70. The van der Waals surface area contributed by atoms with Gasteiger partial charge >= 0.3 is 0 Å². The topological polar surface area (TPSA) is 78.0 Å². The van der Waals surface area contributed by atoms with Gasteiger partial charge in [0.1, 0.15) is 12.2 Å². The van der Waals surface area contributed by atoms with Gasteiger partial charge < -0.3 is 4.74 Å². The molecule has 0 bridgehead atoms. The first kappa shape index (κ1) is 14.4. The summed E-state index contributed by atoms with van der Waals surface area (Å²) in [6.07, 6.45) is 3.80. The van der Waals surface area contributed by atoms with E-state index in [0.29, 0.717) is 17.9 Å². The van der Waals surface area contributed by atoms with Gasteiger partial charge in [-0.05, 0) is 19.3 Å². The van der Waals surface area contributed by atoms with E-state index in [1.807, 2.05) is 4.68 Å². The van der Waals surface area contributed by atoms with Crippen molar-refractivity contribution in [1.82, 2.24) is 20.2 Å². The number of ether oxygens (including phenoxy) is 1. The van der Waals surface area contributed by atoms with Crippen LogP contribution >= 0.6 is 0 Å². The molecule has 0 radical (unpaired) electrons. The highest BCUT2D eigenvalue weighted by Gasteiger charge is 2.30. The molecule has 1 aliphatic rings. The van der Waals surface area contributed by atoms with E-state index in [4.69, 9.17) is 10.6 Å². The third-order valence-electron chi connectivity index (χ3n) is 3.65. The van der Waals surface area contributed by atoms with Gasteiger partial charge in [-0.3, -0.25) is 11.3 Å². The lowest BCUT2D eigenvalue weighted by Crippen LogP contribution is -2.43. The summed E-state index contributed by atoms with van der Waals surface area (Å²) in [7, 11) is 0. The molecule has 1 aromatic rings. The number of hydrogen-bond acceptors (Lipinski definition) is 5. The molecule has 19 heavy (non-hydrogen) atoms. The van der Waals surface area contributed by atoms with Crippen LogP contribution in [-0.4, -0.2) is 33.5 Å². The van der Waals surface area contributed by atoms with E-state index >= 15 is 0 Å². The fraction of sp³-hybridized carbons (Fsp3) is 0.846. The minimum atomic E-state index is 0.195. The van der Waals surface area contributed by atoms with Gasteiger partial charge in [0.2, 0.25) is 0 Å². The minimum Gasteiger partial charge on any atom is -0.378 e. The van der Waals surface area contributed by atoms with Gasteiger partial charge in [0.25, 0.3) is 0 Å². The monoisotopic (exact) mass is 267 g/mol. The highest BCUT2D eigenvalue weighted by molar-refractivity contribution is 4.93. The molecule has 6 nitrogen and oxygen atoms in total. The van der Waals surface area contributed by atoms with Crippen molar-refractivity contribution in [3.8, 4) is 0 Å². The molecule has 0 spiro atoms. The van der Waals surface area contributed by atoms with Crippen molar-refractivity contribution < 1.29 is 4.74 Å². The van der Waals surface area contributed by atoms with Gasteiger partial charge in [-0.25, -0.2) is 9.67 Å². The SMILES string of the molecule is CC(C)Cn1ncnc1CC(NN)C1COC(C)C1. The van der Waals surface area contributed by atoms with Crippen LogP contribution in [0.1, 0.15) is 33.0 Å². The Bertz CT molecular complexity index is 392. The number of rotatable bonds is 6. The summed E-state index contributed by atoms with van der Waals surface area (Å²) < 4.78 is 7.60. The Morgan fingerprint density at radius 1 is 1.58 bits per heavy atom. The first-order valence-corrected chi connectivity index (χ1v) is 7.04. The van der Waals surface area contributed by atoms with E-state index in [-0.39, 0.29) is 6.04 Å². The van der Waals surface area contributed by atoms with Crippen LogP contribution in [0, 0.1) is 11.8 Å². The number of nitrogens with one attached hydrogen (secondary N) is 1. The molecular formula is C13H25N5O. The average Bonchev–Trinajstić information content (AvgIpc) is 2.95. The van der Waals surface area contributed by atoms with E-state index in [9.17, 15) is 0 Å². The predicted molar refractivity (Wildman–Crippen MR) is 73.2 cm³/mol. The van der Waals surface area contributed by atoms with Crippen molar-refractivity contribution in [2.45, 2.75) is 52.3 Å². The Labute approximate surface area is 114 Å². The van der Waals surface area contributed by atoms with Crippen molar-refractivity contribution in [2.75, 3.05) is 6.61 Å². The molecule has 1 aromatic heterocycles. The van der Waals surface area contributed by atoms with Gasteiger partial charge in [0.15, 0.2) is 0 Å². The Morgan fingerprint density at radius 3 is 2.95 bits per heavy atom. The Morgan fingerprint density at radius 2 is 2.37 bits per heavy atom. The lowest BCUT2D eigenvalue weighted by molar-refractivity contribution is 0.116. The largest absolute Gasteiger partial charge is 0.378 e. The molecule has 108 valence electrons. The van der Waals surface area contributed by atoms with Gasteiger partial charge in [0, 0.05) is 24.9 Å². The van der Waals surface area contributed by atoms with Crippen molar-refractivity contribution in [3.05, 3.63) is 12.2 Å². The number of aromatic nitrogens is 3. The minimum absolute atomic E-state index is 0.195. The number of nitrogens with zero attached hydrogens (tertiary/aromatic N) is 3. The van der Waals surface area contributed by atoms with Crippen molar-refractivity contribution >= 4 is 0 Å². The van der Waals surface area contributed by atoms with Crippen LogP contribution in [-0.2, 0) is 17.7 Å². The Hall–Kier alpha value is -0.980. The molecule has 1 saturated heterocycles. The third kappa shape index (κ3) is 3.75. The zero-order valence-corrected chi connectivity index (χ0v) is 12.0. The van der Waals surface area contributed by atoms with Gasteiger partial charge in [-0.1, -0.05) is 13.8 Å². The normalized spacial score (nSPS) is 25.1. The van der Waals surface area contributed by atoms with Gasteiger partial charge in [-0.2, -0.15) is 5.10 Å². The summed E-state index contributed by atoms with van der Waals surface area (Å²) in [6.45, 7) is 8.13. The Balaban J connectivity index is 2.00. The first-order chi connectivity index (χ1) is 9.10. The lowest BCUT2D eigenvalue weighted by atomic mass is 9.94. The molecule has 2 heterocycles. The first-order valence-electron chi connectivity index (χ1n) is 7.04. The zero-order valence-electron chi connectivity index (χ0n) is 12.0. The van der Waals surface area contributed by atoms with Crippen LogP contribution in [0.5, 0.6) is 0 Å². The maximum Gasteiger partial charge on any atom is 0.138 e. The predicted octanol–water partition coefficient (Wildman–Crippen LogP) is 0.734. The smallest absolute Gasteiger partial charge is 0.138 e. The number of hydrazine groups is 1. The molecule has 3 unspecified atom stereocenters. The summed E-state index contributed by atoms with van der Waals surface area (Å²) >= 11 is 0. The van der Waals surface area contributed by atoms with Crippen LogP contribution in [0.15, 0.2) is 6.33 Å². The maximum absolute atomic E-state index is 5.70. The van der Waals surface area contributed by atoms with Crippen LogP contribution in [0.2, 0.25) is 0 Å². The number of nitrogens with two attached hydrogens (primary N) is 1. The van der Waals surface area contributed by atoms with Crippen molar-refractivity contribution in [1.29, 1.82) is 0 Å². The third-order valence-corrected chi connectivity index (χ3v) is 3.65. The van der Waals surface area contributed by atoms with E-state index < -0.39 is 0 Å². The van der Waals surface area contributed by atoms with Crippen molar-refractivity contribution in [3.63, 3.8) is 0 Å². The maximum atomic E-state index is 5.70. The summed E-state index contributed by atoms with van der Waals surface area (Å²) in [6, 6.07) is 0.195. The fourth-order valence-corrected chi connectivity index (χ4v) is 2.63. The summed E-state index contributed by atoms with van der Waals surface area (Å²) in [5.41, 5.74) is 2.92. The zero-order chi connectivity index (χ0) is 13.8. The molecule has 0 saturated carbocycles. The quantitative estimate of drug-likeness (QED) is 0.587. The molecular weight excluding hydrogens is 242 g/mol. The molecule has 6 heteroatoms. The van der Waals surface area contributed by atoms with Gasteiger partial charge in [-0.15, -0.1) is 0 Å². The molecule has 0 aliphatic carbocycles. The Kier molecular flexibility index (Phi) is 4.90. The summed E-state index contributed by atoms with van der Waals surface area (Å²) in [4.78, 5) is 4.36. The van der Waals surface area contributed by atoms with Crippen LogP contribution < -0.4 is 11.3 Å². The van der Waals surface area contributed by atoms with Gasteiger partial charge in [0.05, 0.1) is 12.7 Å². The van der Waals surface area contributed by atoms with E-state index in [1.54, 1.807) is 6.33 Å². The van der Waals surface area contributed by atoms with E-state index in [1.165, 1.54) is 0 Å². The van der Waals surface area contributed by atoms with Crippen LogP contribution in [0.25, 0.3) is 0 Å². The highest BCUT2D eigenvalue weighted by atomic mass is 16.5. The molecule has 0 amide bonds. The van der Waals surface area contributed by atoms with E-state index in [0.717, 1.165) is 31.8 Å². The second-order valence-electron chi connectivity index (χ2n) is 5.87. The second-order valence-corrected chi connectivity index (χ2v) is 5.87. The summed E-state index contributed by atoms with van der Waals surface area (Å²) in [5, 5.41) is 4.29. The standard InChI is InChI=1S/C13H25N5O/c1-9(2)6-18-13(15-8-16-18)5-12(17-14)11-4-10(3)19-7-11/h8-12,17H,4-7,14H2,1-3H3. The highest BCUT2D eigenvalue weighted by Crippen LogP contribution is 2.23.